The van der Waals surface area contributed by atoms with Crippen LogP contribution in [0.2, 0.25) is 0 Å². The Morgan fingerprint density at radius 1 is 1.00 bits per heavy atom. The van der Waals surface area contributed by atoms with Gasteiger partial charge < -0.3 is 4.74 Å². The van der Waals surface area contributed by atoms with E-state index in [9.17, 15) is 9.59 Å². The number of carbonyl (C=O) groups is 2. The van der Waals surface area contributed by atoms with Crippen LogP contribution in [0.25, 0.3) is 0 Å². The SMILES string of the molecule is O=C1OC(=O)[C@H]2[C@@H]3CC[C@H](C3)[C@@H]12. The van der Waals surface area contributed by atoms with Crippen molar-refractivity contribution in [2.45, 2.75) is 19.3 Å². The van der Waals surface area contributed by atoms with Gasteiger partial charge in [-0.1, -0.05) is 0 Å². The van der Waals surface area contributed by atoms with Gasteiger partial charge >= 0.3 is 11.9 Å². The van der Waals surface area contributed by atoms with Gasteiger partial charge in [0.1, 0.15) is 0 Å². The summed E-state index contributed by atoms with van der Waals surface area (Å²) in [4.78, 5) is 22.4. The second-order valence-electron chi connectivity index (χ2n) is 4.12. The fourth-order valence-electron chi connectivity index (χ4n) is 3.20. The van der Waals surface area contributed by atoms with Gasteiger partial charge in [-0.2, -0.15) is 0 Å². The van der Waals surface area contributed by atoms with Gasteiger partial charge in [-0.25, -0.2) is 0 Å². The zero-order valence-electron chi connectivity index (χ0n) is 6.66. The number of esters is 2. The predicted octanol–water partition coefficient (Wildman–Crippen LogP) is 0.732. The predicted molar refractivity (Wildman–Crippen MR) is 38.9 cm³/mol. The molecule has 0 unspecified atom stereocenters. The Balaban J connectivity index is 2.03. The van der Waals surface area contributed by atoms with Crippen LogP contribution in [0.3, 0.4) is 0 Å². The van der Waals surface area contributed by atoms with Crippen molar-refractivity contribution < 1.29 is 14.3 Å². The van der Waals surface area contributed by atoms with Crippen molar-refractivity contribution in [3.8, 4) is 0 Å². The van der Waals surface area contributed by atoms with E-state index in [1.54, 1.807) is 0 Å². The lowest BCUT2D eigenvalue weighted by molar-refractivity contribution is -0.154. The van der Waals surface area contributed by atoms with Crippen molar-refractivity contribution in [2.24, 2.45) is 23.7 Å². The second kappa shape index (κ2) is 1.90. The quantitative estimate of drug-likeness (QED) is 0.393. The Morgan fingerprint density at radius 3 is 2.00 bits per heavy atom. The highest BCUT2D eigenvalue weighted by atomic mass is 16.6. The zero-order valence-corrected chi connectivity index (χ0v) is 6.66. The first kappa shape index (κ1) is 6.63. The van der Waals surface area contributed by atoms with E-state index in [0.717, 1.165) is 19.3 Å². The summed E-state index contributed by atoms with van der Waals surface area (Å²) in [6.07, 6.45) is 3.32. The first-order valence-corrected chi connectivity index (χ1v) is 4.53. The molecule has 0 N–H and O–H groups in total. The van der Waals surface area contributed by atoms with Gasteiger partial charge in [0, 0.05) is 0 Å². The molecule has 1 heterocycles. The minimum Gasteiger partial charge on any atom is -0.393 e. The summed E-state index contributed by atoms with van der Waals surface area (Å²) in [7, 11) is 0. The summed E-state index contributed by atoms with van der Waals surface area (Å²) < 4.78 is 4.63. The number of hydrogen-bond donors (Lipinski definition) is 0. The molecule has 0 amide bonds. The molecule has 12 heavy (non-hydrogen) atoms. The molecule has 2 bridgehead atoms. The van der Waals surface area contributed by atoms with Crippen LogP contribution in [0.4, 0.5) is 0 Å². The first-order chi connectivity index (χ1) is 5.77. The van der Waals surface area contributed by atoms with Crippen LogP contribution in [0, 0.1) is 23.7 Å². The summed E-state index contributed by atoms with van der Waals surface area (Å²) in [6.45, 7) is 0. The molecule has 2 saturated carbocycles. The molecule has 0 aromatic carbocycles. The van der Waals surface area contributed by atoms with Gasteiger partial charge in [0.15, 0.2) is 0 Å². The van der Waals surface area contributed by atoms with Crippen molar-refractivity contribution in [1.82, 2.24) is 0 Å². The third kappa shape index (κ3) is 0.586. The van der Waals surface area contributed by atoms with Crippen molar-refractivity contribution in [3.63, 3.8) is 0 Å². The first-order valence-electron chi connectivity index (χ1n) is 4.53. The Labute approximate surface area is 70.1 Å². The second-order valence-corrected chi connectivity index (χ2v) is 4.12. The van der Waals surface area contributed by atoms with Crippen LogP contribution >= 0.6 is 0 Å². The monoisotopic (exact) mass is 166 g/mol. The molecule has 4 atom stereocenters. The highest BCUT2D eigenvalue weighted by molar-refractivity contribution is 5.97. The van der Waals surface area contributed by atoms with Crippen LogP contribution in [0.15, 0.2) is 0 Å². The highest BCUT2D eigenvalue weighted by Crippen LogP contribution is 2.55. The number of fused-ring (bicyclic) bond motifs is 5. The molecule has 0 radical (unpaired) electrons. The summed E-state index contributed by atoms with van der Waals surface area (Å²) in [5, 5.41) is 0. The maximum absolute atomic E-state index is 11.2. The van der Waals surface area contributed by atoms with Crippen molar-refractivity contribution in [2.75, 3.05) is 0 Å². The van der Waals surface area contributed by atoms with E-state index >= 15 is 0 Å². The molecule has 3 heteroatoms. The van der Waals surface area contributed by atoms with E-state index in [2.05, 4.69) is 4.74 Å². The molecule has 0 aromatic heterocycles. The van der Waals surface area contributed by atoms with E-state index in [1.807, 2.05) is 0 Å². The molecule has 0 aromatic rings. The van der Waals surface area contributed by atoms with E-state index in [4.69, 9.17) is 0 Å². The Morgan fingerprint density at radius 2 is 1.50 bits per heavy atom. The summed E-state index contributed by atoms with van der Waals surface area (Å²) in [6, 6.07) is 0. The molecule has 64 valence electrons. The molecule has 1 aliphatic heterocycles. The highest BCUT2D eigenvalue weighted by Gasteiger charge is 2.59. The van der Waals surface area contributed by atoms with Crippen molar-refractivity contribution in [3.05, 3.63) is 0 Å². The molecule has 3 nitrogen and oxygen atoms in total. The third-order valence-corrected chi connectivity index (χ3v) is 3.66. The lowest BCUT2D eigenvalue weighted by Crippen LogP contribution is -2.24. The Hall–Kier alpha value is -0.860. The van der Waals surface area contributed by atoms with Gasteiger partial charge in [0.05, 0.1) is 11.8 Å². The van der Waals surface area contributed by atoms with Crippen LogP contribution in [0.1, 0.15) is 19.3 Å². The lowest BCUT2D eigenvalue weighted by atomic mass is 9.81. The van der Waals surface area contributed by atoms with Gasteiger partial charge in [0.2, 0.25) is 0 Å². The summed E-state index contributed by atoms with van der Waals surface area (Å²) in [5.74, 6) is 0.291. The molecule has 3 aliphatic rings. The molecule has 0 spiro atoms. The number of rotatable bonds is 0. The van der Waals surface area contributed by atoms with E-state index in [-0.39, 0.29) is 23.8 Å². The molecule has 2 aliphatic carbocycles. The Bertz CT molecular complexity index is 245. The van der Waals surface area contributed by atoms with E-state index < -0.39 is 0 Å². The number of cyclic esters (lactones) is 2. The number of carbonyl (C=O) groups excluding carboxylic acids is 2. The molecule has 3 rings (SSSR count). The largest absolute Gasteiger partial charge is 0.393 e. The van der Waals surface area contributed by atoms with Gasteiger partial charge in [0.25, 0.3) is 0 Å². The minimum absolute atomic E-state index is 0.0590. The van der Waals surface area contributed by atoms with Gasteiger partial charge in [-0.05, 0) is 31.1 Å². The van der Waals surface area contributed by atoms with E-state index in [1.165, 1.54) is 0 Å². The zero-order chi connectivity index (χ0) is 8.29. The van der Waals surface area contributed by atoms with Crippen molar-refractivity contribution >= 4 is 11.9 Å². The smallest absolute Gasteiger partial charge is 0.317 e. The van der Waals surface area contributed by atoms with Crippen molar-refractivity contribution in [1.29, 1.82) is 0 Å². The molecular weight excluding hydrogens is 156 g/mol. The standard InChI is InChI=1S/C9H10O3/c10-8-6-4-1-2-5(3-4)7(6)9(11)12-8/h4-7H,1-3H2/t4-,5-,6-,7+/m1/s1. The molecule has 1 saturated heterocycles. The fraction of sp³-hybridized carbons (Fsp3) is 0.778. The maximum atomic E-state index is 11.2. The summed E-state index contributed by atoms with van der Waals surface area (Å²) >= 11 is 0. The van der Waals surface area contributed by atoms with Gasteiger partial charge in [-0.15, -0.1) is 0 Å². The van der Waals surface area contributed by atoms with Crippen LogP contribution in [-0.4, -0.2) is 11.9 Å². The number of ether oxygens (including phenoxy) is 1. The van der Waals surface area contributed by atoms with Gasteiger partial charge in [-0.3, -0.25) is 9.59 Å². The number of hydrogen-bond acceptors (Lipinski definition) is 3. The Kier molecular flexibility index (Phi) is 1.05. The topological polar surface area (TPSA) is 43.4 Å². The molecule has 3 fully saturated rings. The minimum atomic E-state index is -0.253. The average Bonchev–Trinajstić information content (AvgIpc) is 2.64. The lowest BCUT2D eigenvalue weighted by Gasteiger charge is -2.17. The van der Waals surface area contributed by atoms with Crippen LogP contribution in [0.5, 0.6) is 0 Å². The normalized spacial score (nSPS) is 49.7. The summed E-state index contributed by atoms with van der Waals surface area (Å²) in [5.41, 5.74) is 0. The van der Waals surface area contributed by atoms with Crippen LogP contribution < -0.4 is 0 Å². The van der Waals surface area contributed by atoms with E-state index in [0.29, 0.717) is 11.8 Å². The molecular formula is C9H10O3. The fourth-order valence-corrected chi connectivity index (χ4v) is 3.20. The average molecular weight is 166 g/mol. The third-order valence-electron chi connectivity index (χ3n) is 3.66. The maximum Gasteiger partial charge on any atom is 0.317 e. The van der Waals surface area contributed by atoms with Crippen LogP contribution in [-0.2, 0) is 14.3 Å².